The van der Waals surface area contributed by atoms with Crippen LogP contribution in [0.4, 0.5) is 5.69 Å². The molecule has 2 atom stereocenters. The van der Waals surface area contributed by atoms with Gasteiger partial charge >= 0.3 is 0 Å². The Morgan fingerprint density at radius 3 is 2.66 bits per heavy atom. The van der Waals surface area contributed by atoms with Crippen LogP contribution >= 0.6 is 30.3 Å². The Bertz CT molecular complexity index is 1270. The topological polar surface area (TPSA) is 66.4 Å². The molecule has 0 fully saturated rings. The fraction of sp³-hybridized carbons (Fsp3) is 0.136. The Labute approximate surface area is 177 Å². The van der Waals surface area contributed by atoms with Gasteiger partial charge in [-0.1, -0.05) is 48.9 Å². The van der Waals surface area contributed by atoms with Crippen LogP contribution in [0.1, 0.15) is 18.1 Å². The first-order chi connectivity index (χ1) is 13.9. The summed E-state index contributed by atoms with van der Waals surface area (Å²) in [5.74, 6) is -0.493. The molecule has 0 aliphatic heterocycles. The summed E-state index contributed by atoms with van der Waals surface area (Å²) < 4.78 is 13.9. The first-order valence-corrected chi connectivity index (χ1v) is 12.3. The van der Waals surface area contributed by atoms with Gasteiger partial charge < -0.3 is 10.2 Å². The van der Waals surface area contributed by atoms with Crippen LogP contribution < -0.4 is 5.32 Å². The Hall–Kier alpha value is -2.17. The molecule has 1 heterocycles. The van der Waals surface area contributed by atoms with E-state index in [2.05, 4.69) is 5.32 Å². The van der Waals surface area contributed by atoms with E-state index in [9.17, 15) is 14.3 Å². The Morgan fingerprint density at radius 2 is 1.90 bits per heavy atom. The van der Waals surface area contributed by atoms with Gasteiger partial charge in [0, 0.05) is 21.6 Å². The molecule has 0 aliphatic rings. The van der Waals surface area contributed by atoms with E-state index in [1.807, 2.05) is 42.5 Å². The summed E-state index contributed by atoms with van der Waals surface area (Å²) in [6.45, 7) is 1.62. The smallest absolute Gasteiger partial charge is 0.241 e. The molecule has 0 spiro atoms. The van der Waals surface area contributed by atoms with Crippen molar-refractivity contribution >= 4 is 62.8 Å². The lowest BCUT2D eigenvalue weighted by Crippen LogP contribution is -2.22. The summed E-state index contributed by atoms with van der Waals surface area (Å²) in [5.41, 5.74) is -0.0305. The van der Waals surface area contributed by atoms with Crippen LogP contribution in [0, 0.1) is 0 Å². The lowest BCUT2D eigenvalue weighted by molar-refractivity contribution is -0.116. The van der Waals surface area contributed by atoms with Crippen LogP contribution in [0.15, 0.2) is 66.0 Å². The second-order valence-electron chi connectivity index (χ2n) is 6.86. The number of hydrogen-bond acceptors (Lipinski definition) is 3. The van der Waals surface area contributed by atoms with Crippen molar-refractivity contribution in [1.29, 1.82) is 0 Å². The molecule has 148 valence electrons. The highest BCUT2D eigenvalue weighted by Gasteiger charge is 2.38. The number of nitrogens with one attached hydrogen (secondary N) is 1. The van der Waals surface area contributed by atoms with E-state index < -0.39 is 18.9 Å². The molecule has 4 rings (SSSR count). The second kappa shape index (κ2) is 7.92. The minimum absolute atomic E-state index is 0.000707. The number of rotatable bonds is 5. The van der Waals surface area contributed by atoms with Gasteiger partial charge in [0.1, 0.15) is 5.66 Å². The Balaban J connectivity index is 1.75. The van der Waals surface area contributed by atoms with E-state index >= 15 is 0 Å². The average molecular weight is 444 g/mol. The maximum absolute atomic E-state index is 13.2. The number of halogens is 1. The van der Waals surface area contributed by atoms with E-state index in [0.717, 1.165) is 20.9 Å². The monoisotopic (exact) mass is 443 g/mol. The molecule has 29 heavy (non-hydrogen) atoms. The highest BCUT2D eigenvalue weighted by Crippen LogP contribution is 2.57. The molecular weight excluding hydrogens is 425 g/mol. The third-order valence-corrected chi connectivity index (χ3v) is 8.42. The van der Waals surface area contributed by atoms with Crippen LogP contribution in [-0.4, -0.2) is 17.0 Å². The molecule has 0 saturated carbocycles. The maximum Gasteiger partial charge on any atom is 0.241 e. The summed E-state index contributed by atoms with van der Waals surface area (Å²) in [6.07, 6.45) is 0.000707. The van der Waals surface area contributed by atoms with Crippen molar-refractivity contribution in [2.45, 2.75) is 12.6 Å². The molecule has 7 heteroatoms. The van der Waals surface area contributed by atoms with Gasteiger partial charge in [0.05, 0.1) is 0 Å². The van der Waals surface area contributed by atoms with Crippen LogP contribution in [-0.2, 0) is 9.36 Å². The summed E-state index contributed by atoms with van der Waals surface area (Å²) in [5, 5.41) is 7.93. The van der Waals surface area contributed by atoms with Crippen molar-refractivity contribution in [3.63, 3.8) is 0 Å². The van der Waals surface area contributed by atoms with Crippen molar-refractivity contribution < 1.29 is 14.3 Å². The van der Waals surface area contributed by atoms with Gasteiger partial charge in [0.25, 0.3) is 0 Å². The Kier molecular flexibility index (Phi) is 5.50. The van der Waals surface area contributed by atoms with Gasteiger partial charge in [-0.25, -0.2) is 0 Å². The van der Waals surface area contributed by atoms with E-state index in [1.54, 1.807) is 30.5 Å². The molecule has 2 unspecified atom stereocenters. The van der Waals surface area contributed by atoms with Crippen LogP contribution in [0.25, 0.3) is 20.9 Å². The first-order valence-electron chi connectivity index (χ1n) is 9.17. The fourth-order valence-corrected chi connectivity index (χ4v) is 6.12. The number of benzene rings is 3. The molecule has 0 aliphatic carbocycles. The van der Waals surface area contributed by atoms with Crippen molar-refractivity contribution in [3.05, 3.63) is 76.6 Å². The van der Waals surface area contributed by atoms with E-state index in [0.29, 0.717) is 16.3 Å². The first kappa shape index (κ1) is 20.1. The van der Waals surface area contributed by atoms with Crippen molar-refractivity contribution in [1.82, 2.24) is 0 Å². The lowest BCUT2D eigenvalue weighted by atomic mass is 10.1. The predicted molar refractivity (Wildman–Crippen MR) is 123 cm³/mol. The minimum atomic E-state index is -3.78. The molecule has 1 amide bonds. The van der Waals surface area contributed by atoms with Crippen LogP contribution in [0.2, 0.25) is 5.02 Å². The van der Waals surface area contributed by atoms with E-state index in [4.69, 9.17) is 11.6 Å². The zero-order valence-electron chi connectivity index (χ0n) is 15.6. The summed E-state index contributed by atoms with van der Waals surface area (Å²) in [6, 6.07) is 18.8. The maximum atomic E-state index is 13.2. The number of thiophene rings is 1. The number of hydrogen-bond donors (Lipinski definition) is 2. The number of carbonyl (C=O) groups is 1. The second-order valence-corrected chi connectivity index (χ2v) is 10.9. The molecule has 3 aromatic carbocycles. The van der Waals surface area contributed by atoms with E-state index in [-0.39, 0.29) is 6.16 Å². The molecule has 4 nitrogen and oxygen atoms in total. The van der Waals surface area contributed by atoms with Gasteiger partial charge in [-0.15, -0.1) is 11.3 Å². The standard InChI is InChI=1S/C22H19ClNO3PS/c1-2-28(26,27)21(19-13-29-20-10-8-16(23)12-18(19)20)22(25)24-17-9-7-14-5-3-4-6-15(14)11-17/h3-13,21H,2H2,1H3,(H,24,25)(H,26,27). The molecule has 4 aromatic rings. The highest BCUT2D eigenvalue weighted by molar-refractivity contribution is 7.59. The largest absolute Gasteiger partial charge is 0.344 e. The fourth-order valence-electron chi connectivity index (χ4n) is 3.43. The SMILES string of the molecule is CCP(=O)(O)C(C(=O)Nc1ccc2ccccc2c1)c1csc2ccc(Cl)cc12. The van der Waals surface area contributed by atoms with Crippen LogP contribution in [0.5, 0.6) is 0 Å². The molecule has 0 saturated heterocycles. The van der Waals surface area contributed by atoms with E-state index in [1.165, 1.54) is 11.3 Å². The zero-order chi connectivity index (χ0) is 20.6. The van der Waals surface area contributed by atoms with Crippen molar-refractivity contribution in [2.24, 2.45) is 0 Å². The molecule has 2 N–H and O–H groups in total. The van der Waals surface area contributed by atoms with Crippen molar-refractivity contribution in [2.75, 3.05) is 11.5 Å². The van der Waals surface area contributed by atoms with Crippen molar-refractivity contribution in [3.8, 4) is 0 Å². The molecule has 0 bridgehead atoms. The normalized spacial score (nSPS) is 14.6. The lowest BCUT2D eigenvalue weighted by Gasteiger charge is -2.21. The zero-order valence-corrected chi connectivity index (χ0v) is 18.1. The molecular formula is C22H19ClNO3PS. The van der Waals surface area contributed by atoms with Crippen LogP contribution in [0.3, 0.4) is 0 Å². The molecule has 1 aromatic heterocycles. The Morgan fingerprint density at radius 1 is 1.14 bits per heavy atom. The summed E-state index contributed by atoms with van der Waals surface area (Å²) in [4.78, 5) is 23.9. The number of amides is 1. The number of fused-ring (bicyclic) bond motifs is 2. The van der Waals surface area contributed by atoms with Gasteiger partial charge in [-0.3, -0.25) is 9.36 Å². The van der Waals surface area contributed by atoms with Gasteiger partial charge in [-0.2, -0.15) is 0 Å². The van der Waals surface area contributed by atoms with Gasteiger partial charge in [0.2, 0.25) is 13.3 Å². The summed E-state index contributed by atoms with van der Waals surface area (Å²) in [7, 11) is -3.78. The number of anilines is 1. The quantitative estimate of drug-likeness (QED) is 0.338. The van der Waals surface area contributed by atoms with Gasteiger partial charge in [0.15, 0.2) is 0 Å². The predicted octanol–water partition coefficient (Wildman–Crippen LogP) is 6.68. The summed E-state index contributed by atoms with van der Waals surface area (Å²) >= 11 is 7.57. The number of carbonyl (C=O) groups excluding carboxylic acids is 1. The highest BCUT2D eigenvalue weighted by atomic mass is 35.5. The van der Waals surface area contributed by atoms with Gasteiger partial charge in [-0.05, 0) is 57.4 Å². The minimum Gasteiger partial charge on any atom is -0.344 e. The third-order valence-electron chi connectivity index (χ3n) is 4.98. The third kappa shape index (κ3) is 3.96. The molecule has 0 radical (unpaired) electrons. The average Bonchev–Trinajstić information content (AvgIpc) is 3.10.